The van der Waals surface area contributed by atoms with Crippen molar-refractivity contribution in [2.45, 2.75) is 19.4 Å². The van der Waals surface area contributed by atoms with Crippen molar-refractivity contribution in [2.24, 2.45) is 5.92 Å². The quantitative estimate of drug-likeness (QED) is 0.683. The third kappa shape index (κ3) is 4.78. The molecule has 32 heavy (non-hydrogen) atoms. The number of anilines is 1. The van der Waals surface area contributed by atoms with Crippen molar-refractivity contribution in [3.8, 4) is 0 Å². The number of rotatable bonds is 5. The lowest BCUT2D eigenvalue weighted by molar-refractivity contribution is -0.914. The first-order valence-electron chi connectivity index (χ1n) is 11.5. The van der Waals surface area contributed by atoms with E-state index in [4.69, 9.17) is 4.98 Å². The van der Waals surface area contributed by atoms with Crippen LogP contribution in [0.15, 0.2) is 72.9 Å². The van der Waals surface area contributed by atoms with E-state index in [2.05, 4.69) is 64.5 Å². The molecule has 5 heteroatoms. The Labute approximate surface area is 189 Å². The fourth-order valence-electron chi connectivity index (χ4n) is 4.65. The lowest BCUT2D eigenvalue weighted by Gasteiger charge is -2.32. The predicted octanol–water partition coefficient (Wildman–Crippen LogP) is 2.84. The average Bonchev–Trinajstić information content (AvgIpc) is 2.84. The van der Waals surface area contributed by atoms with Crippen LogP contribution in [0.1, 0.15) is 33.6 Å². The largest absolute Gasteiger partial charge is 0.330 e. The summed E-state index contributed by atoms with van der Waals surface area (Å²) in [5.41, 5.74) is 4.14. The number of carbonyl (C=O) groups is 1. The normalized spacial score (nSPS) is 19.3. The van der Waals surface area contributed by atoms with Crippen LogP contribution in [0.25, 0.3) is 6.08 Å². The first-order chi connectivity index (χ1) is 15.7. The number of benzene rings is 2. The van der Waals surface area contributed by atoms with E-state index < -0.39 is 0 Å². The second kappa shape index (κ2) is 9.45. The van der Waals surface area contributed by atoms with Gasteiger partial charge in [0.25, 0.3) is 0 Å². The minimum absolute atomic E-state index is 0.151. The van der Waals surface area contributed by atoms with E-state index in [1.54, 1.807) is 11.1 Å². The van der Waals surface area contributed by atoms with Crippen LogP contribution in [0.2, 0.25) is 0 Å². The van der Waals surface area contributed by atoms with E-state index in [9.17, 15) is 4.79 Å². The molecule has 0 unspecified atom stereocenters. The standard InChI is InChI=1S/C27H28N4O/c32-26-18-23(12-11-21-7-3-1-4-8-21)17-25-24(26)19-28-27(29-25)31-15-13-30(14-16-31)20-22-9-5-2-6-10-22/h1-12,19,23H,13-18,20H2/p+1/b12-11+/t23-/m0/s1. The molecule has 1 aliphatic carbocycles. The van der Waals surface area contributed by atoms with Crippen molar-refractivity contribution in [1.29, 1.82) is 0 Å². The maximum absolute atomic E-state index is 12.7. The number of Topliss-reactive ketones (excluding diaryl/α,β-unsaturated/α-hetero) is 1. The van der Waals surface area contributed by atoms with Gasteiger partial charge in [-0.2, -0.15) is 0 Å². The first-order valence-corrected chi connectivity index (χ1v) is 11.5. The van der Waals surface area contributed by atoms with Crippen LogP contribution in [-0.4, -0.2) is 41.9 Å². The molecule has 0 spiro atoms. The van der Waals surface area contributed by atoms with Crippen molar-refractivity contribution < 1.29 is 9.69 Å². The highest BCUT2D eigenvalue weighted by Crippen LogP contribution is 2.26. The molecule has 1 atom stereocenters. The van der Waals surface area contributed by atoms with E-state index in [1.807, 2.05) is 18.2 Å². The smallest absolute Gasteiger partial charge is 0.225 e. The fourth-order valence-corrected chi connectivity index (χ4v) is 4.65. The van der Waals surface area contributed by atoms with Gasteiger partial charge in [-0.1, -0.05) is 72.8 Å². The van der Waals surface area contributed by atoms with Gasteiger partial charge < -0.3 is 9.80 Å². The van der Waals surface area contributed by atoms with Gasteiger partial charge in [0, 0.05) is 18.2 Å². The Balaban J connectivity index is 1.24. The first kappa shape index (κ1) is 20.6. The second-order valence-electron chi connectivity index (χ2n) is 8.79. The molecule has 162 valence electrons. The number of carbonyl (C=O) groups excluding carboxylic acids is 1. The number of nitrogens with one attached hydrogen (secondary N) is 1. The highest BCUT2D eigenvalue weighted by molar-refractivity contribution is 5.98. The van der Waals surface area contributed by atoms with E-state index in [-0.39, 0.29) is 11.7 Å². The van der Waals surface area contributed by atoms with Gasteiger partial charge in [0.15, 0.2) is 5.78 Å². The van der Waals surface area contributed by atoms with E-state index in [0.717, 1.165) is 56.4 Å². The monoisotopic (exact) mass is 425 g/mol. The Morgan fingerprint density at radius 1 is 0.969 bits per heavy atom. The highest BCUT2D eigenvalue weighted by atomic mass is 16.1. The molecular formula is C27H29N4O+. The van der Waals surface area contributed by atoms with E-state index in [0.29, 0.717) is 12.0 Å². The Kier molecular flexibility index (Phi) is 6.08. The van der Waals surface area contributed by atoms with Gasteiger partial charge in [-0.15, -0.1) is 0 Å². The molecule has 0 radical (unpaired) electrons. The van der Waals surface area contributed by atoms with Gasteiger partial charge in [-0.25, -0.2) is 9.97 Å². The summed E-state index contributed by atoms with van der Waals surface area (Å²) in [5, 5.41) is 0. The fraction of sp³-hybridized carbons (Fsp3) is 0.296. The zero-order valence-electron chi connectivity index (χ0n) is 18.3. The summed E-state index contributed by atoms with van der Waals surface area (Å²) in [6.07, 6.45) is 7.34. The average molecular weight is 426 g/mol. The molecule has 0 amide bonds. The number of allylic oxidation sites excluding steroid dienone is 1. The number of fused-ring (bicyclic) bond motifs is 1. The Bertz CT molecular complexity index is 1090. The summed E-state index contributed by atoms with van der Waals surface area (Å²) in [6.45, 7) is 5.07. The number of nitrogens with zero attached hydrogens (tertiary/aromatic N) is 3. The van der Waals surface area contributed by atoms with Gasteiger partial charge in [-0.05, 0) is 17.9 Å². The number of hydrogen-bond donors (Lipinski definition) is 1. The van der Waals surface area contributed by atoms with Crippen LogP contribution in [-0.2, 0) is 13.0 Å². The molecular weight excluding hydrogens is 396 g/mol. The molecule has 1 aromatic heterocycles. The molecule has 5 nitrogen and oxygen atoms in total. The summed E-state index contributed by atoms with van der Waals surface area (Å²) >= 11 is 0. The number of hydrogen-bond acceptors (Lipinski definition) is 4. The van der Waals surface area contributed by atoms with Gasteiger partial charge in [0.1, 0.15) is 6.54 Å². The van der Waals surface area contributed by atoms with Crippen molar-refractivity contribution in [3.05, 3.63) is 95.3 Å². The van der Waals surface area contributed by atoms with Crippen LogP contribution in [0, 0.1) is 5.92 Å². The molecule has 5 rings (SSSR count). The lowest BCUT2D eigenvalue weighted by atomic mass is 9.86. The van der Waals surface area contributed by atoms with Crippen LogP contribution < -0.4 is 9.80 Å². The molecule has 0 saturated carbocycles. The predicted molar refractivity (Wildman–Crippen MR) is 127 cm³/mol. The highest BCUT2D eigenvalue weighted by Gasteiger charge is 2.28. The number of quaternary nitrogens is 1. The van der Waals surface area contributed by atoms with Crippen molar-refractivity contribution in [1.82, 2.24) is 9.97 Å². The minimum Gasteiger partial charge on any atom is -0.330 e. The summed E-state index contributed by atoms with van der Waals surface area (Å²) < 4.78 is 0. The maximum Gasteiger partial charge on any atom is 0.225 e. The van der Waals surface area contributed by atoms with Crippen LogP contribution in [0.4, 0.5) is 5.95 Å². The zero-order valence-corrected chi connectivity index (χ0v) is 18.3. The molecule has 3 aromatic rings. The van der Waals surface area contributed by atoms with E-state index in [1.165, 1.54) is 5.56 Å². The third-order valence-corrected chi connectivity index (χ3v) is 6.47. The topological polar surface area (TPSA) is 50.5 Å². The van der Waals surface area contributed by atoms with E-state index >= 15 is 0 Å². The summed E-state index contributed by atoms with van der Waals surface area (Å²) in [6, 6.07) is 20.9. The van der Waals surface area contributed by atoms with Gasteiger partial charge in [0.05, 0.1) is 37.4 Å². The summed E-state index contributed by atoms with van der Waals surface area (Å²) in [4.78, 5) is 25.9. The van der Waals surface area contributed by atoms with Crippen LogP contribution in [0.5, 0.6) is 0 Å². The minimum atomic E-state index is 0.151. The Morgan fingerprint density at radius 3 is 2.44 bits per heavy atom. The van der Waals surface area contributed by atoms with Gasteiger partial charge >= 0.3 is 0 Å². The Hall–Kier alpha value is -3.31. The van der Waals surface area contributed by atoms with Crippen molar-refractivity contribution in [3.63, 3.8) is 0 Å². The molecule has 2 aliphatic rings. The van der Waals surface area contributed by atoms with Crippen LogP contribution in [0.3, 0.4) is 0 Å². The molecule has 1 saturated heterocycles. The van der Waals surface area contributed by atoms with Gasteiger partial charge in [-0.3, -0.25) is 4.79 Å². The molecule has 1 aliphatic heterocycles. The van der Waals surface area contributed by atoms with Crippen molar-refractivity contribution in [2.75, 3.05) is 31.1 Å². The second-order valence-corrected chi connectivity index (χ2v) is 8.79. The molecule has 0 bridgehead atoms. The summed E-state index contributed by atoms with van der Waals surface area (Å²) in [7, 11) is 0. The van der Waals surface area contributed by atoms with Gasteiger partial charge in [0.2, 0.25) is 5.95 Å². The third-order valence-electron chi connectivity index (χ3n) is 6.47. The zero-order chi connectivity index (χ0) is 21.8. The van der Waals surface area contributed by atoms with Crippen molar-refractivity contribution >= 4 is 17.8 Å². The summed E-state index contributed by atoms with van der Waals surface area (Å²) in [5.74, 6) is 1.10. The molecule has 2 heterocycles. The SMILES string of the molecule is O=C1C[C@@H](/C=C/c2ccccc2)Cc2nc(N3CC[NH+](Cc4ccccc4)CC3)ncc21. The van der Waals surface area contributed by atoms with Crippen LogP contribution >= 0.6 is 0 Å². The number of aromatic nitrogens is 2. The maximum atomic E-state index is 12.7. The number of ketones is 1. The Morgan fingerprint density at radius 2 is 1.69 bits per heavy atom. The lowest BCUT2D eigenvalue weighted by Crippen LogP contribution is -3.13. The molecule has 1 fully saturated rings. The number of piperazine rings is 1. The molecule has 2 aromatic carbocycles. The molecule has 1 N–H and O–H groups in total.